The zero-order chi connectivity index (χ0) is 17.7. The van der Waals surface area contributed by atoms with E-state index in [0.29, 0.717) is 17.9 Å². The van der Waals surface area contributed by atoms with Crippen molar-refractivity contribution in [3.8, 4) is 11.3 Å². The van der Waals surface area contributed by atoms with Gasteiger partial charge < -0.3 is 13.9 Å². The molecule has 5 heteroatoms. The first-order chi connectivity index (χ1) is 12.7. The molecule has 0 N–H and O–H groups in total. The number of furan rings is 1. The van der Waals surface area contributed by atoms with Crippen LogP contribution in [0.4, 0.5) is 0 Å². The first-order valence-corrected chi connectivity index (χ1v) is 9.89. The highest BCUT2D eigenvalue weighted by atomic mass is 16.3. The van der Waals surface area contributed by atoms with Gasteiger partial charge in [-0.1, -0.05) is 0 Å². The molecule has 0 amide bonds. The summed E-state index contributed by atoms with van der Waals surface area (Å²) >= 11 is 0. The number of hydrogen-bond acceptors (Lipinski definition) is 4. The molecule has 2 aromatic heterocycles. The summed E-state index contributed by atoms with van der Waals surface area (Å²) in [6.45, 7) is 5.46. The van der Waals surface area contributed by atoms with E-state index >= 15 is 0 Å². The van der Waals surface area contributed by atoms with Crippen molar-refractivity contribution in [3.05, 3.63) is 46.6 Å². The minimum absolute atomic E-state index is 0.137. The van der Waals surface area contributed by atoms with Gasteiger partial charge in [-0.3, -0.25) is 9.69 Å². The summed E-state index contributed by atoms with van der Waals surface area (Å²) in [6, 6.07) is 8.29. The van der Waals surface area contributed by atoms with Gasteiger partial charge >= 0.3 is 0 Å². The number of hydrogen-bond donors (Lipinski definition) is 0. The molecule has 2 saturated heterocycles. The average Bonchev–Trinajstić information content (AvgIpc) is 3.17. The Hall–Kier alpha value is -1.85. The molecule has 2 aromatic rings. The van der Waals surface area contributed by atoms with Gasteiger partial charge in [-0.05, 0) is 63.5 Å². The van der Waals surface area contributed by atoms with Crippen molar-refractivity contribution in [2.45, 2.75) is 37.8 Å². The maximum absolute atomic E-state index is 12.5. The molecular weight excluding hydrogens is 326 g/mol. The lowest BCUT2D eigenvalue weighted by Crippen LogP contribution is -2.53. The molecule has 2 atom stereocenters. The maximum Gasteiger partial charge on any atom is 0.250 e. The van der Waals surface area contributed by atoms with Crippen LogP contribution in [0.3, 0.4) is 0 Å². The van der Waals surface area contributed by atoms with Gasteiger partial charge in [0.2, 0.25) is 0 Å². The van der Waals surface area contributed by atoms with Crippen LogP contribution >= 0.6 is 0 Å². The Labute approximate surface area is 154 Å². The van der Waals surface area contributed by atoms with Crippen LogP contribution in [0.25, 0.3) is 11.3 Å². The Morgan fingerprint density at radius 3 is 2.69 bits per heavy atom. The lowest BCUT2D eigenvalue weighted by atomic mass is 9.80. The van der Waals surface area contributed by atoms with Gasteiger partial charge in [0.05, 0.1) is 6.26 Å². The fraction of sp³-hybridized carbons (Fsp3) is 0.571. The Morgan fingerprint density at radius 2 is 1.92 bits per heavy atom. The highest BCUT2D eigenvalue weighted by Crippen LogP contribution is 2.41. The zero-order valence-electron chi connectivity index (χ0n) is 15.4. The largest absolute Gasteiger partial charge is 0.464 e. The summed E-state index contributed by atoms with van der Waals surface area (Å²) in [7, 11) is 2.22. The van der Waals surface area contributed by atoms with Gasteiger partial charge in [-0.2, -0.15) is 0 Å². The van der Waals surface area contributed by atoms with Crippen LogP contribution in [0.1, 0.15) is 30.9 Å². The minimum Gasteiger partial charge on any atom is -0.464 e. The second-order valence-corrected chi connectivity index (χ2v) is 8.35. The molecule has 138 valence electrons. The minimum atomic E-state index is 0.137. The second kappa shape index (κ2) is 6.39. The molecule has 0 aliphatic carbocycles. The summed E-state index contributed by atoms with van der Waals surface area (Å²) in [5, 5.41) is 0. The first kappa shape index (κ1) is 16.3. The number of rotatable bonds is 2. The highest BCUT2D eigenvalue weighted by molar-refractivity contribution is 5.61. The van der Waals surface area contributed by atoms with Crippen molar-refractivity contribution in [1.29, 1.82) is 0 Å². The SMILES string of the molecule is CN1CCC(N2C[C@H]3C[C@H](C2)c2c(-c4ccco4)ccc(=O)n2C3)CC1. The Kier molecular flexibility index (Phi) is 4.02. The van der Waals surface area contributed by atoms with E-state index in [0.717, 1.165) is 31.0 Å². The maximum atomic E-state index is 12.5. The van der Waals surface area contributed by atoms with Crippen LogP contribution in [0.2, 0.25) is 0 Å². The van der Waals surface area contributed by atoms with E-state index in [4.69, 9.17) is 4.42 Å². The van der Waals surface area contributed by atoms with Crippen molar-refractivity contribution >= 4 is 0 Å². The van der Waals surface area contributed by atoms with Gasteiger partial charge in [0, 0.05) is 48.9 Å². The van der Waals surface area contributed by atoms with E-state index in [2.05, 4.69) is 16.8 Å². The third kappa shape index (κ3) is 2.74. The topological polar surface area (TPSA) is 41.6 Å². The van der Waals surface area contributed by atoms with E-state index in [1.54, 1.807) is 12.3 Å². The van der Waals surface area contributed by atoms with Crippen LogP contribution in [0.5, 0.6) is 0 Å². The Balaban J connectivity index is 1.49. The van der Waals surface area contributed by atoms with E-state index in [1.807, 2.05) is 22.8 Å². The zero-order valence-corrected chi connectivity index (χ0v) is 15.4. The van der Waals surface area contributed by atoms with E-state index in [9.17, 15) is 4.79 Å². The average molecular weight is 353 g/mol. The molecule has 5 heterocycles. The standard InChI is InChI=1S/C21H27N3O2/c1-22-8-6-17(7-9-22)23-12-15-11-16(14-23)21-18(19-3-2-10-26-19)4-5-20(25)24(21)13-15/h2-5,10,15-17H,6-9,11-14H2,1H3/t15-,16-/m1/s1. The quantitative estimate of drug-likeness (QED) is 0.832. The lowest BCUT2D eigenvalue weighted by Gasteiger charge is -2.47. The Bertz CT molecular complexity index is 833. The van der Waals surface area contributed by atoms with Gasteiger partial charge in [0.25, 0.3) is 5.56 Å². The second-order valence-electron chi connectivity index (χ2n) is 8.35. The molecule has 0 saturated carbocycles. The predicted molar refractivity (Wildman–Crippen MR) is 101 cm³/mol. The summed E-state index contributed by atoms with van der Waals surface area (Å²) in [5.41, 5.74) is 2.43. The Morgan fingerprint density at radius 1 is 1.08 bits per heavy atom. The fourth-order valence-corrected chi connectivity index (χ4v) is 5.35. The van der Waals surface area contributed by atoms with E-state index < -0.39 is 0 Å². The molecule has 0 spiro atoms. The van der Waals surface area contributed by atoms with E-state index in [-0.39, 0.29) is 5.56 Å². The smallest absolute Gasteiger partial charge is 0.250 e. The molecule has 5 rings (SSSR count). The van der Waals surface area contributed by atoms with Crippen molar-refractivity contribution in [3.63, 3.8) is 0 Å². The molecule has 0 aromatic carbocycles. The number of likely N-dealkylation sites (tertiary alicyclic amines) is 2. The number of pyridine rings is 1. The van der Waals surface area contributed by atoms with Crippen LogP contribution in [0, 0.1) is 5.92 Å². The number of nitrogens with zero attached hydrogens (tertiary/aromatic N) is 3. The monoisotopic (exact) mass is 353 g/mol. The fourth-order valence-electron chi connectivity index (χ4n) is 5.35. The van der Waals surface area contributed by atoms with Crippen LogP contribution in [0.15, 0.2) is 39.7 Å². The van der Waals surface area contributed by atoms with E-state index in [1.165, 1.54) is 38.0 Å². The normalized spacial score (nSPS) is 27.4. The molecule has 3 aliphatic heterocycles. The first-order valence-electron chi connectivity index (χ1n) is 9.89. The molecule has 5 nitrogen and oxygen atoms in total. The van der Waals surface area contributed by atoms with Gasteiger partial charge in [-0.25, -0.2) is 0 Å². The van der Waals surface area contributed by atoms with Gasteiger partial charge in [0.1, 0.15) is 5.76 Å². The van der Waals surface area contributed by atoms with Gasteiger partial charge in [0.15, 0.2) is 0 Å². The third-order valence-electron chi connectivity index (χ3n) is 6.61. The number of aromatic nitrogens is 1. The number of piperidine rings is 2. The van der Waals surface area contributed by atoms with Crippen LogP contribution in [-0.4, -0.2) is 53.6 Å². The number of fused-ring (bicyclic) bond motifs is 4. The van der Waals surface area contributed by atoms with Crippen molar-refractivity contribution in [1.82, 2.24) is 14.4 Å². The third-order valence-corrected chi connectivity index (χ3v) is 6.61. The molecule has 3 aliphatic rings. The summed E-state index contributed by atoms with van der Waals surface area (Å²) < 4.78 is 7.71. The lowest BCUT2D eigenvalue weighted by molar-refractivity contribution is 0.0518. The molecule has 0 radical (unpaired) electrons. The summed E-state index contributed by atoms with van der Waals surface area (Å²) in [6.07, 6.45) is 5.44. The molecule has 0 unspecified atom stereocenters. The highest BCUT2D eigenvalue weighted by Gasteiger charge is 2.39. The van der Waals surface area contributed by atoms with Crippen molar-refractivity contribution in [2.75, 3.05) is 33.2 Å². The summed E-state index contributed by atoms with van der Waals surface area (Å²) in [5.74, 6) is 1.89. The van der Waals surface area contributed by atoms with Crippen molar-refractivity contribution < 1.29 is 4.42 Å². The molecule has 26 heavy (non-hydrogen) atoms. The van der Waals surface area contributed by atoms with Crippen LogP contribution in [-0.2, 0) is 6.54 Å². The van der Waals surface area contributed by atoms with Crippen molar-refractivity contribution in [2.24, 2.45) is 5.92 Å². The molecular formula is C21H27N3O2. The van der Waals surface area contributed by atoms with Gasteiger partial charge in [-0.15, -0.1) is 0 Å². The molecule has 2 fully saturated rings. The summed E-state index contributed by atoms with van der Waals surface area (Å²) in [4.78, 5) is 17.7. The van der Waals surface area contributed by atoms with Crippen LogP contribution < -0.4 is 5.56 Å². The molecule has 2 bridgehead atoms. The predicted octanol–water partition coefficient (Wildman–Crippen LogP) is 2.62.